The Labute approximate surface area is 308 Å². The van der Waals surface area contributed by atoms with Crippen LogP contribution in [0.3, 0.4) is 0 Å². The van der Waals surface area contributed by atoms with E-state index in [1.807, 2.05) is 75.6 Å². The van der Waals surface area contributed by atoms with Gasteiger partial charge in [-0.3, -0.25) is 9.89 Å². The average molecular weight is 713 g/mol. The van der Waals surface area contributed by atoms with E-state index in [4.69, 9.17) is 21.8 Å². The van der Waals surface area contributed by atoms with Gasteiger partial charge in [0, 0.05) is 42.9 Å². The third-order valence-electron chi connectivity index (χ3n) is 12.2. The Balaban J connectivity index is 1.32. The van der Waals surface area contributed by atoms with Gasteiger partial charge in [-0.05, 0) is 86.9 Å². The normalized spacial score (nSPS) is 31.3. The van der Waals surface area contributed by atoms with Crippen LogP contribution < -0.4 is 11.1 Å². The molecule has 11 heteroatoms. The number of esters is 1. The quantitative estimate of drug-likeness (QED) is 0.110. The second-order valence-corrected chi connectivity index (χ2v) is 15.7. The maximum absolute atomic E-state index is 13.7. The van der Waals surface area contributed by atoms with Crippen molar-refractivity contribution in [3.63, 3.8) is 0 Å². The maximum atomic E-state index is 13.7. The summed E-state index contributed by atoms with van der Waals surface area (Å²) in [7, 11) is 4.00. The van der Waals surface area contributed by atoms with Crippen molar-refractivity contribution in [2.45, 2.75) is 57.7 Å². The number of benzene rings is 1. The highest BCUT2D eigenvalue weighted by molar-refractivity contribution is 5.98. The van der Waals surface area contributed by atoms with Gasteiger partial charge in [0.25, 0.3) is 0 Å². The van der Waals surface area contributed by atoms with E-state index in [2.05, 4.69) is 32.0 Å². The summed E-state index contributed by atoms with van der Waals surface area (Å²) in [6.45, 7) is 13.4. The number of likely N-dealkylation sites (N-methyl/N-ethyl adjacent to an activating group) is 1. The first-order chi connectivity index (χ1) is 24.9. The number of aliphatic hydroxyl groups excluding tert-OH is 2. The van der Waals surface area contributed by atoms with E-state index in [1.54, 1.807) is 6.20 Å². The molecule has 280 valence electrons. The number of amidine groups is 1. The zero-order valence-corrected chi connectivity index (χ0v) is 31.1. The number of cyclic esters (lactones) is 1. The van der Waals surface area contributed by atoms with Crippen LogP contribution in [0.15, 0.2) is 83.2 Å². The Morgan fingerprint density at radius 2 is 1.96 bits per heavy atom. The van der Waals surface area contributed by atoms with Crippen molar-refractivity contribution < 1.29 is 24.5 Å². The molecule has 5 N–H and O–H groups in total. The van der Waals surface area contributed by atoms with Gasteiger partial charge >= 0.3 is 5.97 Å². The molecule has 4 unspecified atom stereocenters. The molecule has 2 aliphatic heterocycles. The summed E-state index contributed by atoms with van der Waals surface area (Å²) in [5, 5.41) is 25.7. The number of morpholine rings is 1. The Hall–Kier alpha value is -3.87. The number of rotatable bonds is 12. The van der Waals surface area contributed by atoms with E-state index in [0.717, 1.165) is 49.2 Å². The molecule has 1 saturated heterocycles. The summed E-state index contributed by atoms with van der Waals surface area (Å²) in [5.41, 5.74) is 8.65. The molecule has 3 fully saturated rings. The molecule has 1 aromatic carbocycles. The van der Waals surface area contributed by atoms with Crippen LogP contribution in [-0.4, -0.2) is 115 Å². The fourth-order valence-electron chi connectivity index (χ4n) is 9.06. The minimum Gasteiger partial charge on any atom is -0.423 e. The standard InChI is InChI=1S/C41H56N6O5/c1-27-32(40(2)14-13-36(49)41(3,26-48)35(40)25-34(27)47-18-20-51-21-19-47)24-33(45-37-8-6-7-15-43-37)31-23-30(52-39(31)50)22-28-9-11-29(12-10-28)38(42)44-16-17-46(4)5/h6-12,15,22-23,32-36,48-49H,1,13-14,16-21,24-26H2,2-5H3,(H2,42,44)(H,43,45)/t32?,33?,34?,35?,36-,40-,41+/m1/s1. The predicted octanol–water partition coefficient (Wildman–Crippen LogP) is 4.10. The van der Waals surface area contributed by atoms with Gasteiger partial charge in [0.15, 0.2) is 0 Å². The molecule has 6 rings (SSSR count). The van der Waals surface area contributed by atoms with E-state index in [-0.39, 0.29) is 29.9 Å². The third-order valence-corrected chi connectivity index (χ3v) is 12.2. The lowest BCUT2D eigenvalue weighted by molar-refractivity contribution is -0.163. The number of aliphatic hydroxyl groups is 2. The molecule has 0 amide bonds. The van der Waals surface area contributed by atoms with Crippen LogP contribution in [0.5, 0.6) is 0 Å². The third kappa shape index (κ3) is 7.89. The first-order valence-electron chi connectivity index (χ1n) is 18.6. The number of nitrogens with two attached hydrogens (primary N) is 1. The van der Waals surface area contributed by atoms with Crippen molar-refractivity contribution in [2.75, 3.05) is 65.4 Å². The number of carbonyl (C=O) groups is 1. The SMILES string of the molecule is C=C1C(N2CCOCC2)CC2[C@](C)(CC[C@@H](O)[C@@]2(C)CO)C1CC(Nc1ccccn1)C1=CC(=Cc2ccc(C(N)=NCCN(C)C)cc2)OC1=O. The highest BCUT2D eigenvalue weighted by atomic mass is 16.5. The summed E-state index contributed by atoms with van der Waals surface area (Å²) < 4.78 is 11.6. The van der Waals surface area contributed by atoms with Crippen LogP contribution in [-0.2, 0) is 14.3 Å². The van der Waals surface area contributed by atoms with Crippen molar-refractivity contribution in [3.8, 4) is 0 Å². The molecule has 0 spiro atoms. The smallest absolute Gasteiger partial charge is 0.341 e. The van der Waals surface area contributed by atoms with Gasteiger partial charge in [-0.1, -0.05) is 56.3 Å². The van der Waals surface area contributed by atoms with Gasteiger partial charge in [0.1, 0.15) is 17.4 Å². The number of nitrogens with one attached hydrogen (secondary N) is 1. The topological polar surface area (TPSA) is 146 Å². The average Bonchev–Trinajstić information content (AvgIpc) is 3.51. The predicted molar refractivity (Wildman–Crippen MR) is 204 cm³/mol. The second-order valence-electron chi connectivity index (χ2n) is 15.7. The summed E-state index contributed by atoms with van der Waals surface area (Å²) in [6, 6.07) is 13.0. The molecule has 2 aromatic rings. The van der Waals surface area contributed by atoms with Crippen molar-refractivity contribution in [1.29, 1.82) is 0 Å². The van der Waals surface area contributed by atoms with E-state index in [0.29, 0.717) is 55.6 Å². The highest BCUT2D eigenvalue weighted by Crippen LogP contribution is 2.62. The van der Waals surface area contributed by atoms with Gasteiger partial charge in [0.2, 0.25) is 0 Å². The Bertz CT molecular complexity index is 1670. The molecule has 52 heavy (non-hydrogen) atoms. The minimum atomic E-state index is -0.667. The molecule has 4 aliphatic rings. The van der Waals surface area contributed by atoms with Gasteiger partial charge in [-0.25, -0.2) is 9.78 Å². The molecule has 2 saturated carbocycles. The van der Waals surface area contributed by atoms with Gasteiger partial charge in [-0.15, -0.1) is 0 Å². The zero-order valence-electron chi connectivity index (χ0n) is 31.1. The molecule has 11 nitrogen and oxygen atoms in total. The number of anilines is 1. The molecule has 0 bridgehead atoms. The van der Waals surface area contributed by atoms with E-state index in [1.165, 1.54) is 0 Å². The summed E-state index contributed by atoms with van der Waals surface area (Å²) >= 11 is 0. The summed E-state index contributed by atoms with van der Waals surface area (Å²) in [5.74, 6) is 1.20. The number of pyridine rings is 1. The highest BCUT2D eigenvalue weighted by Gasteiger charge is 2.60. The largest absolute Gasteiger partial charge is 0.423 e. The lowest BCUT2D eigenvalue weighted by atomic mass is 9.45. The molecular formula is C41H56N6O5. The molecule has 0 radical (unpaired) electrons. The Kier molecular flexibility index (Phi) is 11.7. The number of hydrogen-bond donors (Lipinski definition) is 4. The summed E-state index contributed by atoms with van der Waals surface area (Å²) in [4.78, 5) is 27.3. The monoisotopic (exact) mass is 712 g/mol. The van der Waals surface area contributed by atoms with Crippen LogP contribution in [0.25, 0.3) is 6.08 Å². The molecular weight excluding hydrogens is 656 g/mol. The maximum Gasteiger partial charge on any atom is 0.341 e. The fraction of sp³-hybridized carbons (Fsp3) is 0.537. The number of allylic oxidation sites excluding steroid dienone is 1. The van der Waals surface area contributed by atoms with Crippen molar-refractivity contribution in [2.24, 2.45) is 33.4 Å². The van der Waals surface area contributed by atoms with Gasteiger partial charge < -0.3 is 35.6 Å². The molecule has 3 heterocycles. The summed E-state index contributed by atoms with van der Waals surface area (Å²) in [6.07, 6.45) is 7.58. The van der Waals surface area contributed by atoms with E-state index < -0.39 is 23.5 Å². The van der Waals surface area contributed by atoms with Crippen LogP contribution in [0.2, 0.25) is 0 Å². The number of aromatic nitrogens is 1. The zero-order chi connectivity index (χ0) is 37.0. The lowest BCUT2D eigenvalue weighted by Gasteiger charge is -2.62. The number of hydrogen-bond acceptors (Lipinski definition) is 10. The van der Waals surface area contributed by atoms with E-state index in [9.17, 15) is 15.0 Å². The number of aliphatic imine (C=N–C) groups is 1. The molecule has 1 aromatic heterocycles. The minimum absolute atomic E-state index is 0.0298. The molecule has 7 atom stereocenters. The Morgan fingerprint density at radius 1 is 1.21 bits per heavy atom. The first kappa shape index (κ1) is 37.9. The molecule has 2 aliphatic carbocycles. The number of ether oxygens (including phenoxy) is 2. The van der Waals surface area contributed by atoms with Gasteiger partial charge in [-0.2, -0.15) is 0 Å². The van der Waals surface area contributed by atoms with Crippen molar-refractivity contribution >= 4 is 23.7 Å². The van der Waals surface area contributed by atoms with Crippen LogP contribution in [0.1, 0.15) is 50.7 Å². The fourth-order valence-corrected chi connectivity index (χ4v) is 9.06. The number of fused-ring (bicyclic) bond motifs is 1. The number of nitrogens with zero attached hydrogens (tertiary/aromatic N) is 4. The van der Waals surface area contributed by atoms with Crippen LogP contribution in [0, 0.1) is 22.7 Å². The second kappa shape index (κ2) is 16.0. The van der Waals surface area contributed by atoms with Crippen LogP contribution >= 0.6 is 0 Å². The first-order valence-corrected chi connectivity index (χ1v) is 18.6. The van der Waals surface area contributed by atoms with Gasteiger partial charge in [0.05, 0.1) is 44.1 Å². The number of carbonyl (C=O) groups excluding carboxylic acids is 1. The van der Waals surface area contributed by atoms with Crippen molar-refractivity contribution in [3.05, 3.63) is 89.3 Å². The van der Waals surface area contributed by atoms with Crippen molar-refractivity contribution in [1.82, 2.24) is 14.8 Å². The Morgan fingerprint density at radius 3 is 2.63 bits per heavy atom. The lowest BCUT2D eigenvalue weighted by Crippen LogP contribution is -2.62. The van der Waals surface area contributed by atoms with E-state index >= 15 is 0 Å². The van der Waals surface area contributed by atoms with Crippen LogP contribution in [0.4, 0.5) is 5.82 Å².